The van der Waals surface area contributed by atoms with Crippen molar-refractivity contribution in [1.82, 2.24) is 0 Å². The number of benzene rings is 2. The van der Waals surface area contributed by atoms with E-state index in [1.807, 2.05) is 0 Å². The average molecular weight is 326 g/mol. The van der Waals surface area contributed by atoms with E-state index in [0.29, 0.717) is 5.02 Å². The van der Waals surface area contributed by atoms with Gasteiger partial charge in [0, 0.05) is 11.1 Å². The first-order chi connectivity index (χ1) is 9.81. The first-order valence-corrected chi connectivity index (χ1v) is 7.60. The normalized spacial score (nSPS) is 11.1. The van der Waals surface area contributed by atoms with Gasteiger partial charge in [0.1, 0.15) is 14.9 Å². The van der Waals surface area contributed by atoms with Crippen molar-refractivity contribution in [2.45, 2.75) is 11.8 Å². The van der Waals surface area contributed by atoms with Crippen molar-refractivity contribution >= 4 is 33.0 Å². The van der Waals surface area contributed by atoms with E-state index in [4.69, 9.17) is 11.6 Å². The van der Waals surface area contributed by atoms with Crippen molar-refractivity contribution in [1.29, 1.82) is 0 Å². The number of hydrogen-bond acceptors (Lipinski definition) is 4. The van der Waals surface area contributed by atoms with E-state index < -0.39 is 25.5 Å². The predicted molar refractivity (Wildman–Crippen MR) is 79.5 cm³/mol. The van der Waals surface area contributed by atoms with Crippen LogP contribution in [0.2, 0.25) is 5.02 Å². The van der Waals surface area contributed by atoms with Gasteiger partial charge in [0.05, 0.1) is 4.92 Å². The van der Waals surface area contributed by atoms with Crippen LogP contribution in [0.25, 0.3) is 4.72 Å². The van der Waals surface area contributed by atoms with Crippen molar-refractivity contribution in [2.24, 2.45) is 0 Å². The van der Waals surface area contributed by atoms with Gasteiger partial charge in [-0.3, -0.25) is 10.1 Å². The van der Waals surface area contributed by atoms with E-state index in [1.165, 1.54) is 24.3 Å². The molecule has 0 saturated carbocycles. The summed E-state index contributed by atoms with van der Waals surface area (Å²) in [5.41, 5.74) is 0.377. The Morgan fingerprint density at radius 3 is 2.48 bits per heavy atom. The summed E-state index contributed by atoms with van der Waals surface area (Å²) in [6, 6.07) is 9.54. The Bertz CT molecular complexity index is 806. The average Bonchev–Trinajstić information content (AvgIpc) is 2.42. The zero-order valence-electron chi connectivity index (χ0n) is 10.9. The first-order valence-electron chi connectivity index (χ1n) is 5.79. The van der Waals surface area contributed by atoms with Crippen molar-refractivity contribution in [3.8, 4) is 0 Å². The van der Waals surface area contributed by atoms with E-state index in [0.717, 1.165) is 17.7 Å². The number of nitrogens with zero attached hydrogens (tertiary/aromatic N) is 2. The van der Waals surface area contributed by atoms with E-state index in [1.54, 1.807) is 13.0 Å². The highest BCUT2D eigenvalue weighted by Crippen LogP contribution is 2.34. The summed E-state index contributed by atoms with van der Waals surface area (Å²) in [6.45, 7) is 1.77. The number of nitro benzene ring substituents is 1. The monoisotopic (exact) mass is 325 g/mol. The predicted octanol–water partition coefficient (Wildman–Crippen LogP) is 3.95. The number of aryl methyl sites for hydroxylation is 1. The second-order valence-corrected chi connectivity index (χ2v) is 6.20. The van der Waals surface area contributed by atoms with Gasteiger partial charge in [0.2, 0.25) is 0 Å². The summed E-state index contributed by atoms with van der Waals surface area (Å²) < 4.78 is 28.0. The Hall–Kier alpha value is -2.12. The molecule has 0 atom stereocenters. The molecule has 0 aliphatic heterocycles. The number of halogens is 1. The maximum Gasteiger partial charge on any atom is 0.286 e. The topological polar surface area (TPSA) is 91.4 Å². The van der Waals surface area contributed by atoms with Crippen LogP contribution in [0.1, 0.15) is 5.56 Å². The van der Waals surface area contributed by atoms with E-state index in [9.17, 15) is 18.5 Å². The fourth-order valence-corrected chi connectivity index (χ4v) is 2.97. The van der Waals surface area contributed by atoms with Crippen LogP contribution in [-0.4, -0.2) is 13.3 Å². The lowest BCUT2D eigenvalue weighted by Crippen LogP contribution is -2.02. The van der Waals surface area contributed by atoms with Gasteiger partial charge in [-0.05, 0) is 18.6 Å². The van der Waals surface area contributed by atoms with Crippen LogP contribution in [0.4, 0.5) is 11.4 Å². The Morgan fingerprint density at radius 2 is 1.86 bits per heavy atom. The lowest BCUT2D eigenvalue weighted by Gasteiger charge is -2.22. The van der Waals surface area contributed by atoms with E-state index in [2.05, 4.69) is 4.72 Å². The molecule has 0 N–H and O–H groups in total. The zero-order valence-corrected chi connectivity index (χ0v) is 12.4. The molecule has 0 spiro atoms. The lowest BCUT2D eigenvalue weighted by molar-refractivity contribution is -0.387. The summed E-state index contributed by atoms with van der Waals surface area (Å²) >= 11 is 5.91. The highest BCUT2D eigenvalue weighted by atomic mass is 35.5. The number of para-hydroxylation sites is 1. The Balaban J connectivity index is 2.43. The van der Waals surface area contributed by atoms with Crippen LogP contribution < -0.4 is 0 Å². The lowest BCUT2D eigenvalue weighted by atomic mass is 10.2. The molecule has 0 fully saturated rings. The van der Waals surface area contributed by atoms with Crippen LogP contribution in [0.5, 0.6) is 0 Å². The minimum absolute atomic E-state index is 0.115. The third-order valence-corrected chi connectivity index (χ3v) is 4.48. The number of nitro groups is 1. The largest absolute Gasteiger partial charge is 0.572 e. The Morgan fingerprint density at radius 1 is 1.19 bits per heavy atom. The smallest absolute Gasteiger partial charge is 0.286 e. The maximum absolute atomic E-state index is 12.2. The molecule has 0 aliphatic carbocycles. The Kier molecular flexibility index (Phi) is 4.15. The molecular weight excluding hydrogens is 316 g/mol. The summed E-state index contributed by atoms with van der Waals surface area (Å²) in [5.74, 6) is 0. The molecule has 0 unspecified atom stereocenters. The van der Waals surface area contributed by atoms with Gasteiger partial charge in [-0.15, -0.1) is 5.69 Å². The van der Waals surface area contributed by atoms with Crippen molar-refractivity contribution in [3.63, 3.8) is 0 Å². The molecular formula is C13H10ClN2O4S-. The molecule has 21 heavy (non-hydrogen) atoms. The first kappa shape index (κ1) is 15.3. The molecule has 0 radical (unpaired) electrons. The maximum atomic E-state index is 12.2. The fourth-order valence-electron chi connectivity index (χ4n) is 1.65. The second kappa shape index (κ2) is 5.71. The van der Waals surface area contributed by atoms with Crippen LogP contribution in [0.15, 0.2) is 47.4 Å². The summed E-state index contributed by atoms with van der Waals surface area (Å²) in [5, 5.41) is 11.3. The van der Waals surface area contributed by atoms with Crippen LogP contribution >= 0.6 is 11.6 Å². The number of rotatable bonds is 4. The van der Waals surface area contributed by atoms with Gasteiger partial charge < -0.3 is 4.72 Å². The van der Waals surface area contributed by atoms with E-state index >= 15 is 0 Å². The molecule has 2 rings (SSSR count). The molecule has 2 aromatic rings. The highest BCUT2D eigenvalue weighted by Gasteiger charge is 2.19. The third-order valence-electron chi connectivity index (χ3n) is 2.72. The van der Waals surface area contributed by atoms with Crippen molar-refractivity contribution in [2.75, 3.05) is 0 Å². The molecule has 0 aromatic heterocycles. The fraction of sp³-hybridized carbons (Fsp3) is 0.0769. The number of hydrogen-bond donors (Lipinski definition) is 0. The zero-order chi connectivity index (χ0) is 15.6. The molecule has 2 aromatic carbocycles. The SMILES string of the molecule is Cc1ccc([N-]S(=O)(=O)c2ccccc2[N+](=O)[O-])cc1Cl. The standard InChI is InChI=1S/C13H10ClN2O4S/c1-9-6-7-10(8-11(9)14)15-21(19,20)13-5-3-2-4-12(13)16(17)18/h2-8H,1H3/q-1. The summed E-state index contributed by atoms with van der Waals surface area (Å²) in [7, 11) is -4.19. The van der Waals surface area contributed by atoms with Gasteiger partial charge >= 0.3 is 0 Å². The molecule has 0 bridgehead atoms. The van der Waals surface area contributed by atoms with Gasteiger partial charge in [-0.1, -0.05) is 41.9 Å². The molecule has 0 amide bonds. The van der Waals surface area contributed by atoms with Crippen LogP contribution in [0, 0.1) is 17.0 Å². The minimum atomic E-state index is -4.19. The van der Waals surface area contributed by atoms with E-state index in [-0.39, 0.29) is 5.69 Å². The number of sulfonamides is 1. The second-order valence-electron chi connectivity index (χ2n) is 4.22. The van der Waals surface area contributed by atoms with Gasteiger partial charge in [0.15, 0.2) is 0 Å². The molecule has 110 valence electrons. The molecule has 0 aliphatic rings. The van der Waals surface area contributed by atoms with Crippen molar-refractivity contribution < 1.29 is 13.3 Å². The Labute approximate surface area is 126 Å². The van der Waals surface area contributed by atoms with Crippen LogP contribution in [-0.2, 0) is 10.0 Å². The van der Waals surface area contributed by atoms with Crippen molar-refractivity contribution in [3.05, 3.63) is 67.9 Å². The molecule has 6 nitrogen and oxygen atoms in total. The molecule has 0 heterocycles. The van der Waals surface area contributed by atoms with Gasteiger partial charge in [-0.25, -0.2) is 8.42 Å². The quantitative estimate of drug-likeness (QED) is 0.628. The van der Waals surface area contributed by atoms with Crippen LogP contribution in [0.3, 0.4) is 0 Å². The summed E-state index contributed by atoms with van der Waals surface area (Å²) in [6.07, 6.45) is 0. The third kappa shape index (κ3) is 3.32. The summed E-state index contributed by atoms with van der Waals surface area (Å²) in [4.78, 5) is 9.69. The van der Waals surface area contributed by atoms with Gasteiger partial charge in [0.25, 0.3) is 5.69 Å². The minimum Gasteiger partial charge on any atom is -0.572 e. The molecule has 8 heteroatoms. The highest BCUT2D eigenvalue weighted by molar-refractivity contribution is 7.94. The molecule has 0 saturated heterocycles. The van der Waals surface area contributed by atoms with Gasteiger partial charge in [-0.2, -0.15) is 0 Å².